The normalized spacial score (nSPS) is 11.5. The summed E-state index contributed by atoms with van der Waals surface area (Å²) in [7, 11) is -2.77. The van der Waals surface area contributed by atoms with E-state index in [0.717, 1.165) is 16.4 Å². The molecule has 0 aliphatic rings. The van der Waals surface area contributed by atoms with E-state index in [1.54, 1.807) is 0 Å². The van der Waals surface area contributed by atoms with Gasteiger partial charge in [-0.25, -0.2) is 4.39 Å². The van der Waals surface area contributed by atoms with E-state index in [0.29, 0.717) is 0 Å². The number of anilines is 1. The van der Waals surface area contributed by atoms with Crippen LogP contribution in [0.15, 0.2) is 18.2 Å². The molecule has 9 heteroatoms. The van der Waals surface area contributed by atoms with Gasteiger partial charge in [-0.1, -0.05) is 0 Å². The number of carbonyl (C=O) groups is 1. The maximum Gasteiger partial charge on any atom is 0.304 e. The molecule has 0 spiro atoms. The molecule has 0 saturated heterocycles. The van der Waals surface area contributed by atoms with Crippen LogP contribution in [0.1, 0.15) is 6.42 Å². The Morgan fingerprint density at radius 3 is 2.63 bits per heavy atom. The lowest BCUT2D eigenvalue weighted by Gasteiger charge is -2.17. The topological polar surface area (TPSA) is 107 Å². The average Bonchev–Trinajstić information content (AvgIpc) is 2.30. The number of carboxylic acids is 1. The van der Waals surface area contributed by atoms with Gasteiger partial charge in [0.1, 0.15) is 0 Å². The van der Waals surface area contributed by atoms with E-state index in [-0.39, 0.29) is 18.7 Å². The number of aromatic hydroxyl groups is 1. The number of halogens is 1. The van der Waals surface area contributed by atoms with Crippen LogP contribution in [-0.2, 0) is 15.0 Å². The van der Waals surface area contributed by atoms with Crippen molar-refractivity contribution in [1.29, 1.82) is 0 Å². The quantitative estimate of drug-likeness (QED) is 0.665. The summed E-state index contributed by atoms with van der Waals surface area (Å²) in [6.45, 7) is -0.217. The Hall–Kier alpha value is -1.87. The number of nitrogens with one attached hydrogen (secondary N) is 1. The molecule has 0 unspecified atom stereocenters. The van der Waals surface area contributed by atoms with Crippen molar-refractivity contribution >= 4 is 21.9 Å². The predicted molar refractivity (Wildman–Crippen MR) is 65.5 cm³/mol. The average molecular weight is 292 g/mol. The zero-order chi connectivity index (χ0) is 14.6. The number of aliphatic carboxylic acids is 1. The highest BCUT2D eigenvalue weighted by Gasteiger charge is 2.18. The SMILES string of the molecule is CN(CCC(=O)O)S(=O)(=O)Nc1ccc(O)c(F)c1. The molecule has 0 atom stereocenters. The van der Waals surface area contributed by atoms with Crippen LogP contribution in [0, 0.1) is 5.82 Å². The lowest BCUT2D eigenvalue weighted by atomic mass is 10.3. The summed E-state index contributed by atoms with van der Waals surface area (Å²) in [6, 6.07) is 3.00. The molecule has 7 nitrogen and oxygen atoms in total. The summed E-state index contributed by atoms with van der Waals surface area (Å²) in [5.41, 5.74) is -0.0718. The third kappa shape index (κ3) is 4.38. The summed E-state index contributed by atoms with van der Waals surface area (Å²) in [6.07, 6.45) is -0.346. The van der Waals surface area contributed by atoms with Crippen molar-refractivity contribution in [2.75, 3.05) is 18.3 Å². The van der Waals surface area contributed by atoms with Crippen LogP contribution in [0.2, 0.25) is 0 Å². The van der Waals surface area contributed by atoms with Crippen LogP contribution < -0.4 is 4.72 Å². The second kappa shape index (κ2) is 5.85. The van der Waals surface area contributed by atoms with Crippen LogP contribution in [0.3, 0.4) is 0 Å². The summed E-state index contributed by atoms with van der Waals surface area (Å²) < 4.78 is 39.4. The van der Waals surface area contributed by atoms with Crippen LogP contribution in [-0.4, -0.2) is 42.5 Å². The maximum atomic E-state index is 13.0. The molecule has 1 aromatic rings. The standard InChI is InChI=1S/C10H13FN2O5S/c1-13(5-4-10(15)16)19(17,18)12-7-2-3-9(14)8(11)6-7/h2-3,6,12,14H,4-5H2,1H3,(H,15,16). The highest BCUT2D eigenvalue weighted by molar-refractivity contribution is 7.90. The summed E-state index contributed by atoms with van der Waals surface area (Å²) in [5, 5.41) is 17.4. The first-order chi connectivity index (χ1) is 8.72. The monoisotopic (exact) mass is 292 g/mol. The van der Waals surface area contributed by atoms with Crippen molar-refractivity contribution in [3.63, 3.8) is 0 Å². The molecule has 106 valence electrons. The van der Waals surface area contributed by atoms with Crippen molar-refractivity contribution in [2.45, 2.75) is 6.42 Å². The van der Waals surface area contributed by atoms with Crippen molar-refractivity contribution in [3.05, 3.63) is 24.0 Å². The molecular weight excluding hydrogens is 279 g/mol. The summed E-state index contributed by atoms with van der Waals surface area (Å²) in [5.74, 6) is -2.69. The van der Waals surface area contributed by atoms with E-state index < -0.39 is 27.7 Å². The summed E-state index contributed by atoms with van der Waals surface area (Å²) in [4.78, 5) is 10.4. The van der Waals surface area contributed by atoms with Crippen LogP contribution in [0.25, 0.3) is 0 Å². The number of hydrogen-bond acceptors (Lipinski definition) is 4. The largest absolute Gasteiger partial charge is 0.505 e. The molecular formula is C10H13FN2O5S. The van der Waals surface area contributed by atoms with Gasteiger partial charge in [-0.2, -0.15) is 12.7 Å². The lowest BCUT2D eigenvalue weighted by Crippen LogP contribution is -2.34. The van der Waals surface area contributed by atoms with Crippen molar-refractivity contribution in [1.82, 2.24) is 4.31 Å². The highest BCUT2D eigenvalue weighted by Crippen LogP contribution is 2.20. The predicted octanol–water partition coefficient (Wildman–Crippen LogP) is 0.594. The second-order valence-corrected chi connectivity index (χ2v) is 5.52. The number of benzene rings is 1. The fourth-order valence-electron chi connectivity index (χ4n) is 1.17. The summed E-state index contributed by atoms with van der Waals surface area (Å²) >= 11 is 0. The van der Waals surface area contributed by atoms with Gasteiger partial charge in [0.25, 0.3) is 0 Å². The molecule has 0 heterocycles. The second-order valence-electron chi connectivity index (χ2n) is 3.74. The number of phenolic OH excluding ortho intramolecular Hbond substituents is 1. The van der Waals surface area contributed by atoms with Gasteiger partial charge < -0.3 is 10.2 Å². The molecule has 0 aliphatic carbocycles. The van der Waals surface area contributed by atoms with E-state index >= 15 is 0 Å². The molecule has 0 radical (unpaired) electrons. The van der Waals surface area contributed by atoms with Gasteiger partial charge in [0, 0.05) is 19.7 Å². The van der Waals surface area contributed by atoms with E-state index in [2.05, 4.69) is 4.72 Å². The minimum absolute atomic E-state index is 0.0718. The first kappa shape index (κ1) is 15.2. The minimum Gasteiger partial charge on any atom is -0.505 e. The van der Waals surface area contributed by atoms with E-state index in [1.165, 1.54) is 13.1 Å². The molecule has 19 heavy (non-hydrogen) atoms. The van der Waals surface area contributed by atoms with E-state index in [9.17, 15) is 17.6 Å². The van der Waals surface area contributed by atoms with Gasteiger partial charge in [-0.05, 0) is 12.1 Å². The number of nitrogens with zero attached hydrogens (tertiary/aromatic N) is 1. The Kier molecular flexibility index (Phi) is 4.67. The molecule has 3 N–H and O–H groups in total. The van der Waals surface area contributed by atoms with Gasteiger partial charge in [0.05, 0.1) is 12.1 Å². The van der Waals surface area contributed by atoms with Crippen LogP contribution >= 0.6 is 0 Å². The molecule has 0 fully saturated rings. The zero-order valence-corrected chi connectivity index (χ0v) is 10.8. The Labute approximate surface area is 109 Å². The van der Waals surface area contributed by atoms with Gasteiger partial charge in [-0.3, -0.25) is 9.52 Å². The van der Waals surface area contributed by atoms with E-state index in [1.807, 2.05) is 0 Å². The first-order valence-electron chi connectivity index (χ1n) is 5.17. The minimum atomic E-state index is -3.97. The number of rotatable bonds is 6. The molecule has 0 saturated carbocycles. The van der Waals surface area contributed by atoms with Crippen molar-refractivity contribution < 1.29 is 27.8 Å². The molecule has 0 amide bonds. The van der Waals surface area contributed by atoms with Crippen LogP contribution in [0.5, 0.6) is 5.75 Å². The van der Waals surface area contributed by atoms with E-state index in [4.69, 9.17) is 10.2 Å². The first-order valence-corrected chi connectivity index (χ1v) is 6.61. The molecule has 1 aromatic carbocycles. The van der Waals surface area contributed by atoms with Crippen molar-refractivity contribution in [2.24, 2.45) is 0 Å². The number of phenols is 1. The van der Waals surface area contributed by atoms with Crippen molar-refractivity contribution in [3.8, 4) is 5.75 Å². The Morgan fingerprint density at radius 2 is 2.11 bits per heavy atom. The Morgan fingerprint density at radius 1 is 1.47 bits per heavy atom. The molecule has 0 aromatic heterocycles. The third-order valence-corrected chi connectivity index (χ3v) is 3.74. The van der Waals surface area contributed by atoms with Gasteiger partial charge in [0.2, 0.25) is 0 Å². The molecule has 0 aliphatic heterocycles. The fourth-order valence-corrected chi connectivity index (χ4v) is 2.08. The molecule has 0 bridgehead atoms. The number of carboxylic acid groups (broad SMARTS) is 1. The fraction of sp³-hybridized carbons (Fsp3) is 0.300. The Balaban J connectivity index is 2.78. The highest BCUT2D eigenvalue weighted by atomic mass is 32.2. The smallest absolute Gasteiger partial charge is 0.304 e. The maximum absolute atomic E-state index is 13.0. The molecule has 1 rings (SSSR count). The number of hydrogen-bond donors (Lipinski definition) is 3. The zero-order valence-electron chi connectivity index (χ0n) is 10.00. The lowest BCUT2D eigenvalue weighted by molar-refractivity contribution is -0.137. The van der Waals surface area contributed by atoms with Gasteiger partial charge >= 0.3 is 16.2 Å². The Bertz CT molecular complexity index is 575. The van der Waals surface area contributed by atoms with Gasteiger partial charge in [0.15, 0.2) is 11.6 Å². The van der Waals surface area contributed by atoms with Gasteiger partial charge in [-0.15, -0.1) is 0 Å². The third-order valence-electron chi connectivity index (χ3n) is 2.25. The van der Waals surface area contributed by atoms with Crippen LogP contribution in [0.4, 0.5) is 10.1 Å².